The Balaban J connectivity index is 2.17. The number of aliphatic hydroxyl groups excluding tert-OH is 1. The van der Waals surface area contributed by atoms with Crippen molar-refractivity contribution in [3.05, 3.63) is 0 Å². The molecular weight excluding hydrogens is 248 g/mol. The third kappa shape index (κ3) is 6.00. The van der Waals surface area contributed by atoms with Crippen molar-refractivity contribution in [1.29, 1.82) is 0 Å². The minimum Gasteiger partial charge on any atom is -0.394 e. The molecule has 0 radical (unpaired) electrons. The van der Waals surface area contributed by atoms with Crippen LogP contribution in [0.25, 0.3) is 0 Å². The van der Waals surface area contributed by atoms with E-state index in [0.29, 0.717) is 13.0 Å². The summed E-state index contributed by atoms with van der Waals surface area (Å²) < 4.78 is 0. The van der Waals surface area contributed by atoms with Crippen LogP contribution in [0.15, 0.2) is 0 Å². The Hall–Kier alpha value is -1.18. The summed E-state index contributed by atoms with van der Waals surface area (Å²) in [6, 6.07) is -0.355. The highest BCUT2D eigenvalue weighted by Gasteiger charge is 2.17. The van der Waals surface area contributed by atoms with Crippen molar-refractivity contribution in [3.63, 3.8) is 0 Å². The maximum absolute atomic E-state index is 11.5. The molecule has 1 heterocycles. The normalized spacial score (nSPS) is 17.8. The Labute approximate surface area is 113 Å². The maximum Gasteiger partial charge on any atom is 0.309 e. The fraction of sp³-hybridized carbons (Fsp3) is 0.833. The van der Waals surface area contributed by atoms with Gasteiger partial charge >= 0.3 is 11.8 Å². The molecule has 7 heteroatoms. The van der Waals surface area contributed by atoms with E-state index in [1.54, 1.807) is 0 Å². The van der Waals surface area contributed by atoms with Crippen molar-refractivity contribution in [2.75, 3.05) is 45.9 Å². The Bertz CT molecular complexity index is 289. The Morgan fingerprint density at radius 3 is 2.58 bits per heavy atom. The number of nitrogens with one attached hydrogen (secondary N) is 3. The molecule has 1 fully saturated rings. The number of carbonyl (C=O) groups is 2. The molecular formula is C12H24N4O3. The van der Waals surface area contributed by atoms with E-state index in [9.17, 15) is 9.59 Å². The van der Waals surface area contributed by atoms with Crippen molar-refractivity contribution in [1.82, 2.24) is 20.9 Å². The number of carbonyl (C=O) groups excluding carboxylic acids is 2. The molecule has 0 aromatic rings. The van der Waals surface area contributed by atoms with E-state index in [1.165, 1.54) is 0 Å². The standard InChI is InChI=1S/C12H24N4O3/c1-2-10(9-17)15-12(19)11(18)14-5-8-16-6-3-13-4-7-16/h10,13,17H,2-9H2,1H3,(H,14,18)(H,15,19). The Kier molecular flexibility index (Phi) is 7.39. The molecule has 110 valence electrons. The lowest BCUT2D eigenvalue weighted by Crippen LogP contribution is -2.49. The van der Waals surface area contributed by atoms with E-state index in [2.05, 4.69) is 20.9 Å². The Morgan fingerprint density at radius 1 is 1.32 bits per heavy atom. The average Bonchev–Trinajstić information content (AvgIpc) is 2.45. The predicted octanol–water partition coefficient (Wildman–Crippen LogP) is -2.11. The summed E-state index contributed by atoms with van der Waals surface area (Å²) in [6.07, 6.45) is 0.594. The van der Waals surface area contributed by atoms with Crippen LogP contribution in [0.4, 0.5) is 0 Å². The van der Waals surface area contributed by atoms with Crippen molar-refractivity contribution < 1.29 is 14.7 Å². The van der Waals surface area contributed by atoms with E-state index in [1.807, 2.05) is 6.92 Å². The zero-order chi connectivity index (χ0) is 14.1. The van der Waals surface area contributed by atoms with Crippen LogP contribution in [-0.2, 0) is 9.59 Å². The first kappa shape index (κ1) is 15.9. The van der Waals surface area contributed by atoms with Crippen LogP contribution in [0.5, 0.6) is 0 Å². The zero-order valence-electron chi connectivity index (χ0n) is 11.4. The molecule has 1 saturated heterocycles. The molecule has 7 nitrogen and oxygen atoms in total. The third-order valence-electron chi connectivity index (χ3n) is 3.18. The molecule has 1 unspecified atom stereocenters. The number of amides is 2. The second-order valence-corrected chi connectivity index (χ2v) is 4.61. The highest BCUT2D eigenvalue weighted by molar-refractivity contribution is 6.35. The molecule has 0 aromatic carbocycles. The van der Waals surface area contributed by atoms with Gasteiger partial charge in [0, 0.05) is 39.3 Å². The monoisotopic (exact) mass is 272 g/mol. The molecule has 0 aromatic heterocycles. The lowest BCUT2D eigenvalue weighted by molar-refractivity contribution is -0.139. The van der Waals surface area contributed by atoms with Gasteiger partial charge in [0.1, 0.15) is 0 Å². The first-order valence-electron chi connectivity index (χ1n) is 6.80. The fourth-order valence-electron chi connectivity index (χ4n) is 1.87. The van der Waals surface area contributed by atoms with Gasteiger partial charge in [-0.25, -0.2) is 0 Å². The van der Waals surface area contributed by atoms with E-state index < -0.39 is 11.8 Å². The van der Waals surface area contributed by atoms with Gasteiger partial charge in [-0.3, -0.25) is 14.5 Å². The molecule has 0 aliphatic carbocycles. The van der Waals surface area contributed by atoms with Crippen LogP contribution in [0.2, 0.25) is 0 Å². The van der Waals surface area contributed by atoms with Crippen LogP contribution in [0.3, 0.4) is 0 Å². The second kappa shape index (κ2) is 8.84. The van der Waals surface area contributed by atoms with E-state index in [0.717, 1.165) is 32.7 Å². The number of nitrogens with zero attached hydrogens (tertiary/aromatic N) is 1. The zero-order valence-corrected chi connectivity index (χ0v) is 11.4. The quantitative estimate of drug-likeness (QED) is 0.415. The van der Waals surface area contributed by atoms with Crippen molar-refractivity contribution in [2.45, 2.75) is 19.4 Å². The van der Waals surface area contributed by atoms with Crippen molar-refractivity contribution in [3.8, 4) is 0 Å². The molecule has 1 atom stereocenters. The van der Waals surface area contributed by atoms with E-state index in [4.69, 9.17) is 5.11 Å². The second-order valence-electron chi connectivity index (χ2n) is 4.61. The first-order chi connectivity index (χ1) is 9.17. The summed E-state index contributed by atoms with van der Waals surface area (Å²) >= 11 is 0. The van der Waals surface area contributed by atoms with Gasteiger partial charge in [-0.15, -0.1) is 0 Å². The van der Waals surface area contributed by atoms with Crippen LogP contribution in [-0.4, -0.2) is 73.7 Å². The maximum atomic E-state index is 11.5. The molecule has 1 aliphatic heterocycles. The largest absolute Gasteiger partial charge is 0.394 e. The molecule has 0 spiro atoms. The molecule has 4 N–H and O–H groups in total. The van der Waals surface area contributed by atoms with Gasteiger partial charge in [-0.1, -0.05) is 6.92 Å². The number of aliphatic hydroxyl groups is 1. The molecule has 19 heavy (non-hydrogen) atoms. The number of piperazine rings is 1. The van der Waals surface area contributed by atoms with E-state index in [-0.39, 0.29) is 12.6 Å². The highest BCUT2D eigenvalue weighted by atomic mass is 16.3. The molecule has 2 amide bonds. The molecule has 1 rings (SSSR count). The molecule has 0 saturated carbocycles. The summed E-state index contributed by atoms with van der Waals surface area (Å²) in [5, 5.41) is 17.3. The summed E-state index contributed by atoms with van der Waals surface area (Å²) in [7, 11) is 0. The van der Waals surface area contributed by atoms with Gasteiger partial charge in [-0.05, 0) is 6.42 Å². The Morgan fingerprint density at radius 2 is 2.00 bits per heavy atom. The lowest BCUT2D eigenvalue weighted by Gasteiger charge is -2.27. The molecule has 1 aliphatic rings. The summed E-state index contributed by atoms with van der Waals surface area (Å²) in [6.45, 7) is 6.74. The minimum absolute atomic E-state index is 0.156. The third-order valence-corrected chi connectivity index (χ3v) is 3.18. The van der Waals surface area contributed by atoms with Gasteiger partial charge in [0.25, 0.3) is 0 Å². The van der Waals surface area contributed by atoms with Crippen LogP contribution in [0, 0.1) is 0 Å². The van der Waals surface area contributed by atoms with Crippen LogP contribution >= 0.6 is 0 Å². The summed E-state index contributed by atoms with van der Waals surface area (Å²) in [4.78, 5) is 25.2. The smallest absolute Gasteiger partial charge is 0.309 e. The van der Waals surface area contributed by atoms with Gasteiger partial charge < -0.3 is 21.1 Å². The fourth-order valence-corrected chi connectivity index (χ4v) is 1.87. The lowest BCUT2D eigenvalue weighted by atomic mass is 10.2. The summed E-state index contributed by atoms with van der Waals surface area (Å²) in [5.74, 6) is -1.32. The van der Waals surface area contributed by atoms with Crippen LogP contribution in [0.1, 0.15) is 13.3 Å². The van der Waals surface area contributed by atoms with Gasteiger partial charge in [0.15, 0.2) is 0 Å². The van der Waals surface area contributed by atoms with Gasteiger partial charge in [-0.2, -0.15) is 0 Å². The van der Waals surface area contributed by atoms with Gasteiger partial charge in [0.05, 0.1) is 12.6 Å². The number of hydrogen-bond donors (Lipinski definition) is 4. The highest BCUT2D eigenvalue weighted by Crippen LogP contribution is 1.91. The van der Waals surface area contributed by atoms with E-state index >= 15 is 0 Å². The number of rotatable bonds is 6. The minimum atomic E-state index is -0.679. The summed E-state index contributed by atoms with van der Waals surface area (Å²) in [5.41, 5.74) is 0. The molecule has 0 bridgehead atoms. The topological polar surface area (TPSA) is 93.7 Å². The number of hydrogen-bond acceptors (Lipinski definition) is 5. The van der Waals surface area contributed by atoms with Crippen molar-refractivity contribution >= 4 is 11.8 Å². The van der Waals surface area contributed by atoms with Gasteiger partial charge in [0.2, 0.25) is 0 Å². The predicted molar refractivity (Wildman–Crippen MR) is 71.6 cm³/mol. The average molecular weight is 272 g/mol. The SMILES string of the molecule is CCC(CO)NC(=O)C(=O)NCCN1CCNCC1. The van der Waals surface area contributed by atoms with Crippen molar-refractivity contribution in [2.24, 2.45) is 0 Å². The van der Waals surface area contributed by atoms with Crippen LogP contribution < -0.4 is 16.0 Å². The first-order valence-corrected chi connectivity index (χ1v) is 6.80.